The summed E-state index contributed by atoms with van der Waals surface area (Å²) in [5.41, 5.74) is 1.16. The van der Waals surface area contributed by atoms with Crippen molar-refractivity contribution in [3.05, 3.63) is 16.1 Å². The minimum atomic E-state index is 0. The van der Waals surface area contributed by atoms with Crippen LogP contribution in [0.3, 0.4) is 0 Å². The van der Waals surface area contributed by atoms with Crippen molar-refractivity contribution in [1.82, 2.24) is 20.5 Å². The minimum absolute atomic E-state index is 0. The van der Waals surface area contributed by atoms with Crippen LogP contribution in [0.1, 0.15) is 43.3 Å². The van der Waals surface area contributed by atoms with E-state index in [-0.39, 0.29) is 30.1 Å². The Kier molecular flexibility index (Phi) is 8.37. The van der Waals surface area contributed by atoms with E-state index in [1.165, 1.54) is 19.4 Å². The SMILES string of the molecule is CN=C(NCc1nc(C(C)C)cs1)NCC1CN2CCCC2CO1.I. The zero-order chi connectivity index (χ0) is 16.9. The predicted octanol–water partition coefficient (Wildman–Crippen LogP) is 2.41. The summed E-state index contributed by atoms with van der Waals surface area (Å²) in [6, 6.07) is 0.652. The van der Waals surface area contributed by atoms with Gasteiger partial charge < -0.3 is 15.4 Å². The molecule has 0 spiro atoms. The number of fused-ring (bicyclic) bond motifs is 1. The molecule has 2 unspecified atom stereocenters. The van der Waals surface area contributed by atoms with Gasteiger partial charge in [0.1, 0.15) is 5.01 Å². The lowest BCUT2D eigenvalue weighted by molar-refractivity contribution is -0.0453. The van der Waals surface area contributed by atoms with Crippen molar-refractivity contribution < 1.29 is 4.74 Å². The molecular formula is C17H30IN5OS. The molecule has 0 aliphatic carbocycles. The highest BCUT2D eigenvalue weighted by Gasteiger charge is 2.32. The third-order valence-electron chi connectivity index (χ3n) is 4.75. The maximum Gasteiger partial charge on any atom is 0.191 e. The highest BCUT2D eigenvalue weighted by Crippen LogP contribution is 2.22. The van der Waals surface area contributed by atoms with Crippen LogP contribution in [-0.4, -0.2) is 61.3 Å². The lowest BCUT2D eigenvalue weighted by atomic mass is 10.2. The van der Waals surface area contributed by atoms with Crippen molar-refractivity contribution in [3.63, 3.8) is 0 Å². The fraction of sp³-hybridized carbons (Fsp3) is 0.765. The lowest BCUT2D eigenvalue weighted by Gasteiger charge is -2.35. The van der Waals surface area contributed by atoms with E-state index in [0.717, 1.165) is 36.4 Å². The van der Waals surface area contributed by atoms with Gasteiger partial charge in [-0.15, -0.1) is 35.3 Å². The summed E-state index contributed by atoms with van der Waals surface area (Å²) in [5.74, 6) is 1.29. The second-order valence-electron chi connectivity index (χ2n) is 6.87. The zero-order valence-electron chi connectivity index (χ0n) is 15.3. The van der Waals surface area contributed by atoms with E-state index in [9.17, 15) is 0 Å². The fourth-order valence-corrected chi connectivity index (χ4v) is 4.17. The summed E-state index contributed by atoms with van der Waals surface area (Å²) in [7, 11) is 1.80. The largest absolute Gasteiger partial charge is 0.373 e. The molecule has 0 saturated carbocycles. The van der Waals surface area contributed by atoms with Gasteiger partial charge in [-0.1, -0.05) is 13.8 Å². The number of rotatable bonds is 5. The second kappa shape index (κ2) is 10.0. The van der Waals surface area contributed by atoms with Crippen molar-refractivity contribution in [3.8, 4) is 0 Å². The third kappa shape index (κ3) is 5.77. The van der Waals surface area contributed by atoms with Gasteiger partial charge >= 0.3 is 0 Å². The van der Waals surface area contributed by atoms with E-state index in [2.05, 4.69) is 44.7 Å². The van der Waals surface area contributed by atoms with Crippen LogP contribution in [0.2, 0.25) is 0 Å². The molecule has 2 atom stereocenters. The van der Waals surface area contributed by atoms with Crippen molar-refractivity contribution in [2.45, 2.75) is 51.3 Å². The Balaban J connectivity index is 0.00000225. The standard InChI is InChI=1S/C17H29N5OS.HI/c1-12(2)15-11-24-16(21-15)8-20-17(18-3)19-7-14-9-22-6-4-5-13(22)10-23-14;/h11-14H,4-10H2,1-3H3,(H2,18,19,20);1H. The highest BCUT2D eigenvalue weighted by molar-refractivity contribution is 14.0. The molecule has 2 fully saturated rings. The van der Waals surface area contributed by atoms with Gasteiger partial charge in [-0.05, 0) is 25.3 Å². The Bertz CT molecular complexity index is 565. The van der Waals surface area contributed by atoms with E-state index in [4.69, 9.17) is 4.74 Å². The maximum atomic E-state index is 5.98. The Morgan fingerprint density at radius 1 is 1.48 bits per heavy atom. The van der Waals surface area contributed by atoms with Crippen molar-refractivity contribution >= 4 is 41.3 Å². The Morgan fingerprint density at radius 2 is 2.32 bits per heavy atom. The first kappa shape index (κ1) is 20.9. The molecule has 2 saturated heterocycles. The fourth-order valence-electron chi connectivity index (χ4n) is 3.27. The van der Waals surface area contributed by atoms with Crippen LogP contribution in [0.25, 0.3) is 0 Å². The number of morpholine rings is 1. The van der Waals surface area contributed by atoms with Gasteiger partial charge in [0.2, 0.25) is 0 Å². The summed E-state index contributed by atoms with van der Waals surface area (Å²) in [5, 5.41) is 9.96. The molecule has 6 nitrogen and oxygen atoms in total. The molecule has 3 rings (SSSR count). The van der Waals surface area contributed by atoms with E-state index < -0.39 is 0 Å². The zero-order valence-corrected chi connectivity index (χ0v) is 18.5. The summed E-state index contributed by atoms with van der Waals surface area (Å²) < 4.78 is 5.98. The van der Waals surface area contributed by atoms with Crippen LogP contribution in [0.4, 0.5) is 0 Å². The molecule has 142 valence electrons. The Labute approximate surface area is 171 Å². The molecule has 0 aromatic carbocycles. The van der Waals surface area contributed by atoms with E-state index >= 15 is 0 Å². The van der Waals surface area contributed by atoms with Gasteiger partial charge in [0.15, 0.2) is 5.96 Å². The average molecular weight is 479 g/mol. The molecule has 2 aliphatic heterocycles. The van der Waals surface area contributed by atoms with E-state index in [1.807, 2.05) is 0 Å². The van der Waals surface area contributed by atoms with Gasteiger partial charge in [0, 0.05) is 31.6 Å². The summed E-state index contributed by atoms with van der Waals surface area (Å²) in [6.07, 6.45) is 2.84. The molecule has 0 radical (unpaired) electrons. The molecule has 1 aromatic heterocycles. The van der Waals surface area contributed by atoms with Crippen molar-refractivity contribution in [2.75, 3.05) is 33.3 Å². The Morgan fingerprint density at radius 3 is 3.04 bits per heavy atom. The molecule has 25 heavy (non-hydrogen) atoms. The molecule has 3 heterocycles. The van der Waals surface area contributed by atoms with Gasteiger partial charge in [-0.25, -0.2) is 4.98 Å². The van der Waals surface area contributed by atoms with E-state index in [1.54, 1.807) is 18.4 Å². The molecule has 0 amide bonds. The lowest BCUT2D eigenvalue weighted by Crippen LogP contribution is -2.51. The quantitative estimate of drug-likeness (QED) is 0.386. The maximum absolute atomic E-state index is 5.98. The van der Waals surface area contributed by atoms with Gasteiger partial charge in [-0.2, -0.15) is 0 Å². The van der Waals surface area contributed by atoms with Crippen molar-refractivity contribution in [2.24, 2.45) is 4.99 Å². The number of halogens is 1. The van der Waals surface area contributed by atoms with Crippen LogP contribution in [-0.2, 0) is 11.3 Å². The minimum Gasteiger partial charge on any atom is -0.373 e. The predicted molar refractivity (Wildman–Crippen MR) is 114 cm³/mol. The van der Waals surface area contributed by atoms with Crippen LogP contribution < -0.4 is 10.6 Å². The number of aliphatic imine (C=N–C) groups is 1. The Hall–Kier alpha value is -0.450. The smallest absolute Gasteiger partial charge is 0.191 e. The number of aromatic nitrogens is 1. The average Bonchev–Trinajstić information content (AvgIpc) is 3.23. The molecule has 8 heteroatoms. The number of hydrogen-bond donors (Lipinski definition) is 2. The number of thiazole rings is 1. The number of nitrogens with zero attached hydrogens (tertiary/aromatic N) is 3. The normalized spacial score (nSPS) is 24.1. The number of ether oxygens (including phenoxy) is 1. The first-order chi connectivity index (χ1) is 11.7. The number of guanidine groups is 1. The summed E-state index contributed by atoms with van der Waals surface area (Å²) >= 11 is 1.70. The summed E-state index contributed by atoms with van der Waals surface area (Å²) in [4.78, 5) is 11.5. The monoisotopic (exact) mass is 479 g/mol. The molecule has 2 aliphatic rings. The third-order valence-corrected chi connectivity index (χ3v) is 5.62. The first-order valence-corrected chi connectivity index (χ1v) is 9.78. The number of hydrogen-bond acceptors (Lipinski definition) is 5. The first-order valence-electron chi connectivity index (χ1n) is 8.90. The van der Waals surface area contributed by atoms with Crippen LogP contribution in [0.15, 0.2) is 10.4 Å². The van der Waals surface area contributed by atoms with E-state index in [0.29, 0.717) is 18.5 Å². The van der Waals surface area contributed by atoms with Crippen LogP contribution in [0.5, 0.6) is 0 Å². The van der Waals surface area contributed by atoms with Crippen LogP contribution >= 0.6 is 35.3 Å². The topological polar surface area (TPSA) is 61.8 Å². The highest BCUT2D eigenvalue weighted by atomic mass is 127. The van der Waals surface area contributed by atoms with Gasteiger partial charge in [-0.3, -0.25) is 9.89 Å². The molecule has 1 aromatic rings. The number of nitrogens with one attached hydrogen (secondary N) is 2. The van der Waals surface area contributed by atoms with Gasteiger partial charge in [0.25, 0.3) is 0 Å². The molecular weight excluding hydrogens is 449 g/mol. The molecule has 2 N–H and O–H groups in total. The molecule has 0 bridgehead atoms. The second-order valence-corrected chi connectivity index (χ2v) is 7.82. The summed E-state index contributed by atoms with van der Waals surface area (Å²) in [6.45, 7) is 8.95. The van der Waals surface area contributed by atoms with Gasteiger partial charge in [0.05, 0.1) is 24.9 Å². The van der Waals surface area contributed by atoms with Crippen LogP contribution in [0, 0.1) is 0 Å². The van der Waals surface area contributed by atoms with Crippen molar-refractivity contribution in [1.29, 1.82) is 0 Å².